The number of aromatic nitrogens is 3. The Balaban J connectivity index is 2.33. The zero-order valence-electron chi connectivity index (χ0n) is 10.4. The molecule has 0 unspecified atom stereocenters. The molecule has 0 spiro atoms. The molecule has 104 valence electrons. The van der Waals surface area contributed by atoms with Crippen LogP contribution < -0.4 is 0 Å². The second kappa shape index (κ2) is 6.15. The van der Waals surface area contributed by atoms with Gasteiger partial charge in [0.2, 0.25) is 0 Å². The first-order valence-corrected chi connectivity index (χ1v) is 6.42. The molecule has 0 radical (unpaired) electrons. The van der Waals surface area contributed by atoms with Crippen LogP contribution in [0.4, 0.5) is 5.69 Å². The van der Waals surface area contributed by atoms with Crippen molar-refractivity contribution in [1.82, 2.24) is 15.2 Å². The fourth-order valence-electron chi connectivity index (χ4n) is 1.44. The van der Waals surface area contributed by atoms with Crippen molar-refractivity contribution in [3.8, 4) is 0 Å². The van der Waals surface area contributed by atoms with Crippen LogP contribution in [0.5, 0.6) is 0 Å². The minimum absolute atomic E-state index is 0.139. The normalized spacial score (nSPS) is 10.2. The molecule has 1 aromatic carbocycles. The van der Waals surface area contributed by atoms with Crippen LogP contribution in [0.2, 0.25) is 0 Å². The maximum atomic E-state index is 11.6. The van der Waals surface area contributed by atoms with E-state index in [4.69, 9.17) is 4.74 Å². The molecule has 9 heteroatoms. The fraction of sp³-hybridized carbons (Fsp3) is 0.182. The number of nitrogens with one attached hydrogen (secondary N) is 1. The molecule has 0 fully saturated rings. The second-order valence-corrected chi connectivity index (χ2v) is 4.58. The number of nitrogens with zero attached hydrogens (tertiary/aromatic N) is 3. The summed E-state index contributed by atoms with van der Waals surface area (Å²) in [5, 5.41) is 17.8. The zero-order chi connectivity index (χ0) is 14.5. The predicted molar refractivity (Wildman–Crippen MR) is 69.6 cm³/mol. The molecular weight excluding hydrogens is 284 g/mol. The van der Waals surface area contributed by atoms with E-state index in [1.165, 1.54) is 24.5 Å². The highest BCUT2D eigenvalue weighted by atomic mass is 32.2. The van der Waals surface area contributed by atoms with Gasteiger partial charge in [0.15, 0.2) is 5.16 Å². The lowest BCUT2D eigenvalue weighted by Crippen LogP contribution is -2.05. The molecule has 0 aliphatic rings. The molecule has 0 bridgehead atoms. The maximum Gasteiger partial charge on any atom is 0.338 e. The number of nitro groups is 1. The smallest absolute Gasteiger partial charge is 0.338 e. The van der Waals surface area contributed by atoms with Crippen molar-refractivity contribution < 1.29 is 14.5 Å². The summed E-state index contributed by atoms with van der Waals surface area (Å²) in [6.07, 6.45) is 1.31. The van der Waals surface area contributed by atoms with Crippen LogP contribution in [0.25, 0.3) is 0 Å². The summed E-state index contributed by atoms with van der Waals surface area (Å²) in [6.45, 7) is 1.88. The van der Waals surface area contributed by atoms with Crippen LogP contribution in [0.15, 0.2) is 34.6 Å². The number of benzene rings is 1. The molecule has 1 N–H and O–H groups in total. The first-order chi connectivity index (χ1) is 9.61. The molecule has 2 rings (SSSR count). The summed E-state index contributed by atoms with van der Waals surface area (Å²) in [7, 11) is 0. The topological polar surface area (TPSA) is 111 Å². The van der Waals surface area contributed by atoms with Gasteiger partial charge in [0.05, 0.1) is 22.0 Å². The van der Waals surface area contributed by atoms with Crippen molar-refractivity contribution in [2.75, 3.05) is 6.61 Å². The van der Waals surface area contributed by atoms with E-state index >= 15 is 0 Å². The lowest BCUT2D eigenvalue weighted by molar-refractivity contribution is -0.387. The Kier molecular flexibility index (Phi) is 4.31. The van der Waals surface area contributed by atoms with Crippen LogP contribution in [-0.2, 0) is 4.74 Å². The van der Waals surface area contributed by atoms with Crippen LogP contribution >= 0.6 is 11.8 Å². The Morgan fingerprint density at radius 3 is 2.95 bits per heavy atom. The monoisotopic (exact) mass is 294 g/mol. The third-order valence-electron chi connectivity index (χ3n) is 2.27. The Bertz CT molecular complexity index is 629. The lowest BCUT2D eigenvalue weighted by atomic mass is 10.2. The predicted octanol–water partition coefficient (Wildman–Crippen LogP) is 2.04. The number of hydrogen-bond donors (Lipinski definition) is 1. The summed E-state index contributed by atoms with van der Waals surface area (Å²) in [6, 6.07) is 4.15. The van der Waals surface area contributed by atoms with Crippen LogP contribution in [0.3, 0.4) is 0 Å². The van der Waals surface area contributed by atoms with Crippen LogP contribution in [0.1, 0.15) is 17.3 Å². The summed E-state index contributed by atoms with van der Waals surface area (Å²) in [4.78, 5) is 26.3. The zero-order valence-corrected chi connectivity index (χ0v) is 11.2. The highest BCUT2D eigenvalue weighted by Gasteiger charge is 2.19. The summed E-state index contributed by atoms with van der Waals surface area (Å²) >= 11 is 1.06. The van der Waals surface area contributed by atoms with Gasteiger partial charge in [-0.1, -0.05) is 0 Å². The molecular formula is C11H10N4O4S. The number of rotatable bonds is 5. The minimum Gasteiger partial charge on any atom is -0.462 e. The summed E-state index contributed by atoms with van der Waals surface area (Å²) < 4.78 is 4.81. The van der Waals surface area contributed by atoms with Gasteiger partial charge in [0, 0.05) is 6.07 Å². The van der Waals surface area contributed by atoms with Crippen molar-refractivity contribution in [1.29, 1.82) is 0 Å². The first-order valence-electron chi connectivity index (χ1n) is 5.60. The molecule has 2 aromatic rings. The van der Waals surface area contributed by atoms with E-state index in [2.05, 4.69) is 15.2 Å². The number of aromatic amines is 1. The van der Waals surface area contributed by atoms with Gasteiger partial charge in [-0.05, 0) is 30.8 Å². The molecule has 0 saturated carbocycles. The van der Waals surface area contributed by atoms with Crippen LogP contribution in [-0.4, -0.2) is 32.7 Å². The Morgan fingerprint density at radius 1 is 1.55 bits per heavy atom. The average molecular weight is 294 g/mol. The highest BCUT2D eigenvalue weighted by Crippen LogP contribution is 2.33. The quantitative estimate of drug-likeness (QED) is 0.510. The maximum absolute atomic E-state index is 11.6. The number of hydrogen-bond acceptors (Lipinski definition) is 7. The van der Waals surface area contributed by atoms with Crippen LogP contribution in [0, 0.1) is 10.1 Å². The largest absolute Gasteiger partial charge is 0.462 e. The van der Waals surface area contributed by atoms with E-state index in [1.54, 1.807) is 6.92 Å². The van der Waals surface area contributed by atoms with E-state index < -0.39 is 10.9 Å². The third kappa shape index (κ3) is 3.12. The minimum atomic E-state index is -0.591. The van der Waals surface area contributed by atoms with E-state index in [1.807, 2.05) is 0 Å². The van der Waals surface area contributed by atoms with Crippen molar-refractivity contribution in [2.45, 2.75) is 17.0 Å². The molecule has 0 aliphatic carbocycles. The Morgan fingerprint density at radius 2 is 2.35 bits per heavy atom. The molecule has 0 amide bonds. The third-order valence-corrected chi connectivity index (χ3v) is 3.22. The fourth-order valence-corrected chi connectivity index (χ4v) is 2.22. The molecule has 1 heterocycles. The van der Waals surface area contributed by atoms with Crippen molar-refractivity contribution in [3.05, 3.63) is 40.2 Å². The molecule has 0 saturated heterocycles. The second-order valence-electron chi connectivity index (χ2n) is 3.55. The number of H-pyrrole nitrogens is 1. The van der Waals surface area contributed by atoms with E-state index in [0.717, 1.165) is 11.8 Å². The van der Waals surface area contributed by atoms with Gasteiger partial charge in [-0.2, -0.15) is 5.10 Å². The molecule has 1 aromatic heterocycles. The number of ether oxygens (including phenoxy) is 1. The van der Waals surface area contributed by atoms with Gasteiger partial charge >= 0.3 is 5.97 Å². The highest BCUT2D eigenvalue weighted by molar-refractivity contribution is 7.99. The van der Waals surface area contributed by atoms with Crippen molar-refractivity contribution in [2.24, 2.45) is 0 Å². The van der Waals surface area contributed by atoms with Crippen molar-refractivity contribution in [3.63, 3.8) is 0 Å². The number of esters is 1. The van der Waals surface area contributed by atoms with Gasteiger partial charge in [0.25, 0.3) is 5.69 Å². The summed E-state index contributed by atoms with van der Waals surface area (Å²) in [5.41, 5.74) is -0.0441. The summed E-state index contributed by atoms with van der Waals surface area (Å²) in [5.74, 6) is -0.591. The molecule has 0 aliphatic heterocycles. The van der Waals surface area contributed by atoms with E-state index in [9.17, 15) is 14.9 Å². The Labute approximate surface area is 117 Å². The van der Waals surface area contributed by atoms with Gasteiger partial charge in [-0.15, -0.1) is 0 Å². The van der Waals surface area contributed by atoms with Crippen molar-refractivity contribution >= 4 is 23.4 Å². The number of carbonyl (C=O) groups is 1. The molecule has 0 atom stereocenters. The number of carbonyl (C=O) groups excluding carboxylic acids is 1. The van der Waals surface area contributed by atoms with Gasteiger partial charge in [0.1, 0.15) is 6.33 Å². The average Bonchev–Trinajstić information content (AvgIpc) is 2.92. The first kappa shape index (κ1) is 14.0. The van der Waals surface area contributed by atoms with Gasteiger partial charge < -0.3 is 4.74 Å². The Hall–Kier alpha value is -2.42. The molecule has 20 heavy (non-hydrogen) atoms. The van der Waals surface area contributed by atoms with Gasteiger partial charge in [-0.3, -0.25) is 15.2 Å². The molecule has 8 nitrogen and oxygen atoms in total. The number of nitro benzene ring substituents is 1. The van der Waals surface area contributed by atoms with E-state index in [0.29, 0.717) is 10.1 Å². The van der Waals surface area contributed by atoms with Gasteiger partial charge in [-0.25, -0.2) is 9.78 Å². The standard InChI is InChI=1S/C11H10N4O4S/c1-2-19-10(16)7-3-4-9(8(5-7)15(17)18)20-11-12-6-13-14-11/h3-6H,2H2,1H3,(H,12,13,14). The van der Waals surface area contributed by atoms with E-state index in [-0.39, 0.29) is 17.9 Å². The lowest BCUT2D eigenvalue weighted by Gasteiger charge is -2.04. The SMILES string of the molecule is CCOC(=O)c1ccc(Sc2ncn[nH]2)c([N+](=O)[O-])c1.